The number of carbonyl (C=O) groups is 1. The Morgan fingerprint density at radius 3 is 2.12 bits per heavy atom. The number of hydrogen-bond donors (Lipinski definition) is 1. The van der Waals surface area contributed by atoms with E-state index in [1.807, 2.05) is 24.3 Å². The zero-order valence-corrected chi connectivity index (χ0v) is 18.5. The van der Waals surface area contributed by atoms with Crippen LogP contribution >= 0.6 is 15.9 Å². The average molecular weight is 500 g/mol. The van der Waals surface area contributed by atoms with E-state index in [2.05, 4.69) is 15.9 Å². The molecule has 0 amide bonds. The minimum Gasteiger partial charge on any atom is -0.481 e. The van der Waals surface area contributed by atoms with Gasteiger partial charge in [-0.05, 0) is 59.5 Å². The Hall–Kier alpha value is -3.97. The van der Waals surface area contributed by atoms with E-state index in [0.717, 1.165) is 25.2 Å². The Kier molecular flexibility index (Phi) is 4.19. The number of aromatic nitrogens is 1. The predicted octanol–water partition coefficient (Wildman–Crippen LogP) is 5.23. The number of carboxylic acid groups (broad SMARTS) is 1. The number of carboxylic acids is 1. The molecule has 0 spiro atoms. The Balaban J connectivity index is 1.70. The van der Waals surface area contributed by atoms with Crippen molar-refractivity contribution in [2.24, 2.45) is 0 Å². The Morgan fingerprint density at radius 1 is 0.788 bits per heavy atom. The normalized spacial score (nSPS) is 11.8. The molecule has 0 atom stereocenters. The van der Waals surface area contributed by atoms with E-state index in [9.17, 15) is 14.4 Å². The largest absolute Gasteiger partial charge is 0.481 e. The fraction of sp³-hybridized carbons (Fsp3) is 0.0385. The highest BCUT2D eigenvalue weighted by Gasteiger charge is 2.19. The van der Waals surface area contributed by atoms with Gasteiger partial charge in [0.15, 0.2) is 0 Å². The lowest BCUT2D eigenvalue weighted by Crippen LogP contribution is -2.31. The van der Waals surface area contributed by atoms with Gasteiger partial charge in [-0.15, -0.1) is 0 Å². The highest BCUT2D eigenvalue weighted by atomic mass is 79.9. The zero-order valence-electron chi connectivity index (χ0n) is 17.0. The quantitative estimate of drug-likeness (QED) is 0.266. The van der Waals surface area contributed by atoms with Gasteiger partial charge in [-0.25, -0.2) is 4.57 Å². The highest BCUT2D eigenvalue weighted by molar-refractivity contribution is 9.10. The van der Waals surface area contributed by atoms with Crippen molar-refractivity contribution in [3.05, 3.63) is 97.5 Å². The van der Waals surface area contributed by atoms with Gasteiger partial charge in [0.05, 0.1) is 12.1 Å². The van der Waals surface area contributed by atoms with E-state index >= 15 is 0 Å². The molecule has 4 aromatic carbocycles. The summed E-state index contributed by atoms with van der Waals surface area (Å²) in [6, 6.07) is 19.3. The predicted molar refractivity (Wildman–Crippen MR) is 131 cm³/mol. The summed E-state index contributed by atoms with van der Waals surface area (Å²) in [7, 11) is 0. The first kappa shape index (κ1) is 19.7. The SMILES string of the molecule is O=C(O)Cc1ccc(-n2c(=O)c3ccc4oc5ccc(Br)cc5c5ccc(c2=O)c3c45)cc1. The molecule has 2 heterocycles. The molecule has 0 bridgehead atoms. The summed E-state index contributed by atoms with van der Waals surface area (Å²) in [5, 5.41) is 12.9. The van der Waals surface area contributed by atoms with Crippen molar-refractivity contribution >= 4 is 65.4 Å². The van der Waals surface area contributed by atoms with Gasteiger partial charge < -0.3 is 9.52 Å². The number of rotatable bonds is 3. The molecule has 0 saturated heterocycles. The number of pyridine rings is 1. The molecule has 1 N–H and O–H groups in total. The van der Waals surface area contributed by atoms with Gasteiger partial charge in [0.1, 0.15) is 11.2 Å². The van der Waals surface area contributed by atoms with Gasteiger partial charge in [-0.2, -0.15) is 0 Å². The minimum absolute atomic E-state index is 0.131. The molecule has 0 unspecified atom stereocenters. The van der Waals surface area contributed by atoms with Crippen molar-refractivity contribution in [1.82, 2.24) is 4.57 Å². The van der Waals surface area contributed by atoms with Gasteiger partial charge in [-0.1, -0.05) is 34.1 Å². The first-order valence-corrected chi connectivity index (χ1v) is 11.0. The zero-order chi connectivity index (χ0) is 22.9. The van der Waals surface area contributed by atoms with Crippen molar-refractivity contribution in [1.29, 1.82) is 0 Å². The highest BCUT2D eigenvalue weighted by Crippen LogP contribution is 2.37. The average Bonchev–Trinajstić information content (AvgIpc) is 2.80. The fourth-order valence-corrected chi connectivity index (χ4v) is 4.92. The first-order chi connectivity index (χ1) is 15.9. The van der Waals surface area contributed by atoms with Crippen LogP contribution in [0.1, 0.15) is 5.56 Å². The molecular weight excluding hydrogens is 486 g/mol. The van der Waals surface area contributed by atoms with E-state index in [1.165, 1.54) is 0 Å². The van der Waals surface area contributed by atoms with E-state index in [0.29, 0.717) is 38.6 Å². The maximum Gasteiger partial charge on any atom is 0.307 e. The molecular formula is C26H14BrNO5. The van der Waals surface area contributed by atoms with E-state index in [-0.39, 0.29) is 6.42 Å². The minimum atomic E-state index is -0.947. The fourth-order valence-electron chi connectivity index (χ4n) is 4.56. The van der Waals surface area contributed by atoms with E-state index in [4.69, 9.17) is 9.52 Å². The maximum absolute atomic E-state index is 13.5. The number of fused-ring (bicyclic) bond motifs is 2. The van der Waals surface area contributed by atoms with E-state index in [1.54, 1.807) is 42.5 Å². The molecule has 2 aromatic heterocycles. The van der Waals surface area contributed by atoms with Crippen molar-refractivity contribution in [3.8, 4) is 5.69 Å². The van der Waals surface area contributed by atoms with Crippen molar-refractivity contribution in [3.63, 3.8) is 0 Å². The van der Waals surface area contributed by atoms with Gasteiger partial charge >= 0.3 is 5.97 Å². The number of hydrogen-bond acceptors (Lipinski definition) is 4. The van der Waals surface area contributed by atoms with Crippen LogP contribution in [0.5, 0.6) is 0 Å². The van der Waals surface area contributed by atoms with Crippen LogP contribution < -0.4 is 11.1 Å². The summed E-state index contributed by atoms with van der Waals surface area (Å²) in [6.45, 7) is 0. The first-order valence-electron chi connectivity index (χ1n) is 10.2. The number of nitrogens with zero attached hydrogens (tertiary/aromatic N) is 1. The van der Waals surface area contributed by atoms with Crippen LogP contribution in [0, 0.1) is 0 Å². The van der Waals surface area contributed by atoms with Gasteiger partial charge in [0, 0.05) is 31.4 Å². The summed E-state index contributed by atoms with van der Waals surface area (Å²) >= 11 is 3.50. The second kappa shape index (κ2) is 7.02. The van der Waals surface area contributed by atoms with Crippen LogP contribution in [-0.2, 0) is 11.2 Å². The number of halogens is 1. The number of benzene rings is 4. The van der Waals surface area contributed by atoms with Crippen LogP contribution in [0.3, 0.4) is 0 Å². The van der Waals surface area contributed by atoms with Crippen molar-refractivity contribution in [2.75, 3.05) is 0 Å². The number of aliphatic carboxylic acids is 1. The van der Waals surface area contributed by atoms with Crippen LogP contribution in [0.4, 0.5) is 0 Å². The molecule has 6 rings (SSSR count). The third kappa shape index (κ3) is 2.89. The Bertz CT molecular complexity index is 1830. The molecule has 33 heavy (non-hydrogen) atoms. The molecule has 6 aromatic rings. The third-order valence-electron chi connectivity index (χ3n) is 5.99. The topological polar surface area (TPSA) is 89.5 Å². The van der Waals surface area contributed by atoms with Crippen molar-refractivity contribution in [2.45, 2.75) is 6.42 Å². The second-order valence-electron chi connectivity index (χ2n) is 7.95. The summed E-state index contributed by atoms with van der Waals surface area (Å²) in [5.41, 5.74) is 1.44. The molecule has 0 aliphatic rings. The monoisotopic (exact) mass is 499 g/mol. The summed E-state index contributed by atoms with van der Waals surface area (Å²) < 4.78 is 8.14. The van der Waals surface area contributed by atoms with Crippen LogP contribution in [0.25, 0.3) is 49.2 Å². The molecule has 0 fully saturated rings. The van der Waals surface area contributed by atoms with Crippen LogP contribution in [0.15, 0.2) is 85.2 Å². The molecule has 7 heteroatoms. The lowest BCUT2D eigenvalue weighted by molar-refractivity contribution is -0.136. The smallest absolute Gasteiger partial charge is 0.307 e. The molecule has 0 radical (unpaired) electrons. The standard InChI is InChI=1S/C26H14BrNO5/c27-14-3-9-20-19(12-14)16-6-7-17-23-18(8-10-21(33-20)24(16)23)26(32)28(25(17)31)15-4-1-13(2-5-15)11-22(29)30/h1-10,12H,11H2,(H,29,30). The second-order valence-corrected chi connectivity index (χ2v) is 8.86. The third-order valence-corrected chi connectivity index (χ3v) is 6.48. The summed E-state index contributed by atoms with van der Waals surface area (Å²) in [6.07, 6.45) is -0.131. The molecule has 6 nitrogen and oxygen atoms in total. The Labute approximate surface area is 193 Å². The van der Waals surface area contributed by atoms with Crippen molar-refractivity contribution < 1.29 is 14.3 Å². The summed E-state index contributed by atoms with van der Waals surface area (Å²) in [4.78, 5) is 37.9. The van der Waals surface area contributed by atoms with Gasteiger partial charge in [-0.3, -0.25) is 14.4 Å². The lowest BCUT2D eigenvalue weighted by Gasteiger charge is -2.14. The van der Waals surface area contributed by atoms with Gasteiger partial charge in [0.2, 0.25) is 0 Å². The molecule has 0 saturated carbocycles. The van der Waals surface area contributed by atoms with Gasteiger partial charge in [0.25, 0.3) is 11.1 Å². The molecule has 0 aliphatic carbocycles. The van der Waals surface area contributed by atoms with Crippen LogP contribution in [-0.4, -0.2) is 15.6 Å². The lowest BCUT2D eigenvalue weighted by atomic mass is 9.96. The summed E-state index contributed by atoms with van der Waals surface area (Å²) in [5.74, 6) is -0.947. The van der Waals surface area contributed by atoms with Crippen LogP contribution in [0.2, 0.25) is 0 Å². The molecule has 0 aliphatic heterocycles. The maximum atomic E-state index is 13.5. The Morgan fingerprint density at radius 2 is 1.42 bits per heavy atom. The molecule has 160 valence electrons. The van der Waals surface area contributed by atoms with E-state index < -0.39 is 17.1 Å².